The first-order chi connectivity index (χ1) is 19.0. The lowest BCUT2D eigenvalue weighted by molar-refractivity contribution is -0.154. The Labute approximate surface area is 224 Å². The summed E-state index contributed by atoms with van der Waals surface area (Å²) in [6.45, 7) is 3.46. The number of nitrogens with zero attached hydrogens (tertiary/aromatic N) is 3. The van der Waals surface area contributed by atoms with Gasteiger partial charge in [-0.15, -0.1) is 0 Å². The van der Waals surface area contributed by atoms with Crippen LogP contribution in [0.1, 0.15) is 18.7 Å². The smallest absolute Gasteiger partial charge is 0.336 e. The van der Waals surface area contributed by atoms with Crippen LogP contribution in [-0.4, -0.2) is 58.8 Å². The van der Waals surface area contributed by atoms with E-state index in [1.807, 2.05) is 67.6 Å². The standard InChI is InChI=1S/C29H28N6O4/c1-17(20-8-5-6-12-30-20)31-26-19-7-3-4-9-21(19)34-28(36)25(26)27-32-22-11-10-18(15-23(22)33-27)35-13-14-39-24(16-35)29(37)38-2/h3-12,15,17,24H,13-14,16H2,1-2H3,(H,32,33)(H2,31,34,36)/t17-,24+/m0/s1. The summed E-state index contributed by atoms with van der Waals surface area (Å²) >= 11 is 0. The zero-order valence-corrected chi connectivity index (χ0v) is 21.6. The summed E-state index contributed by atoms with van der Waals surface area (Å²) in [6, 6.07) is 19.1. The van der Waals surface area contributed by atoms with E-state index in [2.05, 4.69) is 25.2 Å². The number of rotatable bonds is 6. The molecule has 198 valence electrons. The van der Waals surface area contributed by atoms with Crippen molar-refractivity contribution in [2.24, 2.45) is 0 Å². The van der Waals surface area contributed by atoms with E-state index in [0.717, 1.165) is 33.3 Å². The number of methoxy groups -OCH3 is 1. The molecule has 6 rings (SSSR count). The molecule has 1 fully saturated rings. The number of carbonyl (C=O) groups excluding carboxylic acids is 1. The topological polar surface area (TPSA) is 125 Å². The van der Waals surface area contributed by atoms with Crippen molar-refractivity contribution < 1.29 is 14.3 Å². The van der Waals surface area contributed by atoms with E-state index in [1.54, 1.807) is 6.20 Å². The highest BCUT2D eigenvalue weighted by atomic mass is 16.6. The van der Waals surface area contributed by atoms with Crippen molar-refractivity contribution in [2.75, 3.05) is 37.0 Å². The molecule has 0 saturated carbocycles. The SMILES string of the molecule is COC(=O)[C@H]1CN(c2ccc3nc(-c4c(N[C@@H](C)c5ccccn5)c5ccccc5[nH]c4=O)[nH]c3c2)CCO1. The van der Waals surface area contributed by atoms with E-state index in [4.69, 9.17) is 14.5 Å². The number of aromatic nitrogens is 4. The van der Waals surface area contributed by atoms with Crippen molar-refractivity contribution >= 4 is 39.3 Å². The summed E-state index contributed by atoms with van der Waals surface area (Å²) in [4.78, 5) is 43.2. The molecule has 2 aromatic carbocycles. The van der Waals surface area contributed by atoms with Gasteiger partial charge in [0.1, 0.15) is 11.4 Å². The van der Waals surface area contributed by atoms with Gasteiger partial charge in [0.05, 0.1) is 54.2 Å². The molecule has 3 aromatic heterocycles. The van der Waals surface area contributed by atoms with Gasteiger partial charge < -0.3 is 29.7 Å². The van der Waals surface area contributed by atoms with E-state index >= 15 is 0 Å². The van der Waals surface area contributed by atoms with Crippen LogP contribution in [0.4, 0.5) is 11.4 Å². The third-order valence-corrected chi connectivity index (χ3v) is 7.01. The van der Waals surface area contributed by atoms with Crippen LogP contribution in [0.3, 0.4) is 0 Å². The minimum absolute atomic E-state index is 0.157. The largest absolute Gasteiger partial charge is 0.467 e. The molecule has 0 spiro atoms. The number of para-hydroxylation sites is 1. The lowest BCUT2D eigenvalue weighted by Gasteiger charge is -2.33. The average Bonchev–Trinajstić information content (AvgIpc) is 3.40. The molecule has 3 N–H and O–H groups in total. The van der Waals surface area contributed by atoms with Crippen molar-refractivity contribution in [3.8, 4) is 11.4 Å². The van der Waals surface area contributed by atoms with Gasteiger partial charge in [-0.2, -0.15) is 0 Å². The number of anilines is 2. The number of carbonyl (C=O) groups is 1. The van der Waals surface area contributed by atoms with Crippen LogP contribution in [0, 0.1) is 0 Å². The van der Waals surface area contributed by atoms with E-state index < -0.39 is 6.10 Å². The highest BCUT2D eigenvalue weighted by Crippen LogP contribution is 2.34. The third kappa shape index (κ3) is 4.70. The fraction of sp³-hybridized carbons (Fsp3) is 0.241. The van der Waals surface area contributed by atoms with Crippen LogP contribution in [0.2, 0.25) is 0 Å². The maximum atomic E-state index is 13.5. The Morgan fingerprint density at radius 2 is 1.97 bits per heavy atom. The van der Waals surface area contributed by atoms with E-state index in [-0.39, 0.29) is 17.6 Å². The molecule has 2 atom stereocenters. The fourth-order valence-corrected chi connectivity index (χ4v) is 5.01. The van der Waals surface area contributed by atoms with Crippen LogP contribution in [0.5, 0.6) is 0 Å². The van der Waals surface area contributed by atoms with Crippen LogP contribution >= 0.6 is 0 Å². The Hall–Kier alpha value is -4.70. The monoisotopic (exact) mass is 524 g/mol. The third-order valence-electron chi connectivity index (χ3n) is 7.01. The van der Waals surface area contributed by atoms with Crippen LogP contribution in [0.15, 0.2) is 71.7 Å². The average molecular weight is 525 g/mol. The van der Waals surface area contributed by atoms with Crippen molar-refractivity contribution in [3.63, 3.8) is 0 Å². The predicted molar refractivity (Wildman–Crippen MR) is 150 cm³/mol. The highest BCUT2D eigenvalue weighted by Gasteiger charge is 2.28. The van der Waals surface area contributed by atoms with E-state index in [9.17, 15) is 9.59 Å². The van der Waals surface area contributed by atoms with Gasteiger partial charge in [0, 0.05) is 23.8 Å². The quantitative estimate of drug-likeness (QED) is 0.285. The Morgan fingerprint density at radius 3 is 2.79 bits per heavy atom. The molecule has 0 aliphatic carbocycles. The van der Waals surface area contributed by atoms with Gasteiger partial charge in [-0.3, -0.25) is 9.78 Å². The summed E-state index contributed by atoms with van der Waals surface area (Å²) in [7, 11) is 1.36. The van der Waals surface area contributed by atoms with Gasteiger partial charge in [0.25, 0.3) is 5.56 Å². The highest BCUT2D eigenvalue weighted by molar-refractivity contribution is 5.99. The first-order valence-electron chi connectivity index (χ1n) is 12.8. The maximum Gasteiger partial charge on any atom is 0.336 e. The number of fused-ring (bicyclic) bond motifs is 2. The lowest BCUT2D eigenvalue weighted by atomic mass is 10.1. The molecule has 1 aliphatic rings. The molecule has 1 aliphatic heterocycles. The molecule has 10 heteroatoms. The van der Waals surface area contributed by atoms with Crippen molar-refractivity contribution in [1.29, 1.82) is 0 Å². The minimum atomic E-state index is -0.636. The van der Waals surface area contributed by atoms with Gasteiger partial charge >= 0.3 is 5.97 Å². The molecule has 0 unspecified atom stereocenters. The molecule has 4 heterocycles. The lowest BCUT2D eigenvalue weighted by Crippen LogP contribution is -2.46. The summed E-state index contributed by atoms with van der Waals surface area (Å²) in [5, 5.41) is 4.40. The van der Waals surface area contributed by atoms with E-state index in [1.165, 1.54) is 7.11 Å². The van der Waals surface area contributed by atoms with Crippen molar-refractivity contribution in [3.05, 3.63) is 82.9 Å². The van der Waals surface area contributed by atoms with Crippen LogP contribution in [0.25, 0.3) is 33.3 Å². The Balaban J connectivity index is 1.41. The van der Waals surface area contributed by atoms with Gasteiger partial charge in [0.2, 0.25) is 0 Å². The van der Waals surface area contributed by atoms with Gasteiger partial charge in [-0.1, -0.05) is 24.3 Å². The first-order valence-corrected chi connectivity index (χ1v) is 12.8. The number of aromatic amines is 2. The number of pyridine rings is 2. The number of imidazole rings is 1. The molecule has 5 aromatic rings. The summed E-state index contributed by atoms with van der Waals surface area (Å²) in [5.74, 6) is 0.0689. The molecule has 10 nitrogen and oxygen atoms in total. The van der Waals surface area contributed by atoms with Crippen molar-refractivity contribution in [1.82, 2.24) is 19.9 Å². The number of hydrogen-bond donors (Lipinski definition) is 3. The zero-order chi connectivity index (χ0) is 26.9. The number of ether oxygens (including phenoxy) is 2. The summed E-state index contributed by atoms with van der Waals surface area (Å²) < 4.78 is 10.4. The number of benzene rings is 2. The number of hydrogen-bond acceptors (Lipinski definition) is 8. The number of nitrogens with one attached hydrogen (secondary N) is 3. The normalized spacial score (nSPS) is 16.4. The van der Waals surface area contributed by atoms with Crippen LogP contribution in [-0.2, 0) is 14.3 Å². The van der Waals surface area contributed by atoms with Gasteiger partial charge in [-0.25, -0.2) is 9.78 Å². The van der Waals surface area contributed by atoms with Gasteiger partial charge in [0.15, 0.2) is 6.10 Å². The molecule has 0 amide bonds. The number of esters is 1. The Kier molecular flexibility index (Phi) is 6.45. The second-order valence-electron chi connectivity index (χ2n) is 9.49. The van der Waals surface area contributed by atoms with E-state index in [0.29, 0.717) is 36.8 Å². The second-order valence-corrected chi connectivity index (χ2v) is 9.49. The summed E-state index contributed by atoms with van der Waals surface area (Å²) in [5.41, 5.74) is 4.86. The summed E-state index contributed by atoms with van der Waals surface area (Å²) in [6.07, 6.45) is 1.12. The molecule has 39 heavy (non-hydrogen) atoms. The Bertz CT molecular complexity index is 1710. The predicted octanol–water partition coefficient (Wildman–Crippen LogP) is 4.02. The molecule has 0 bridgehead atoms. The maximum absolute atomic E-state index is 13.5. The minimum Gasteiger partial charge on any atom is -0.467 e. The fourth-order valence-electron chi connectivity index (χ4n) is 5.01. The molecule has 1 saturated heterocycles. The molecular formula is C29H28N6O4. The Morgan fingerprint density at radius 1 is 1.13 bits per heavy atom. The second kappa shape index (κ2) is 10.2. The van der Waals surface area contributed by atoms with Crippen LogP contribution < -0.4 is 15.8 Å². The molecular weight excluding hydrogens is 496 g/mol. The van der Waals surface area contributed by atoms with Gasteiger partial charge in [-0.05, 0) is 43.3 Å². The first kappa shape index (κ1) is 24.6. The number of morpholine rings is 1. The molecule has 0 radical (unpaired) electrons. The number of H-pyrrole nitrogens is 2. The zero-order valence-electron chi connectivity index (χ0n) is 21.6. The van der Waals surface area contributed by atoms with Crippen molar-refractivity contribution in [2.45, 2.75) is 19.1 Å².